The first-order valence-electron chi connectivity index (χ1n) is 6.71. The smallest absolute Gasteiger partial charge is 0.231 e. The second-order valence-corrected chi connectivity index (χ2v) is 5.20. The Morgan fingerprint density at radius 2 is 1.90 bits per heavy atom. The molecule has 0 spiro atoms. The van der Waals surface area contributed by atoms with Gasteiger partial charge in [-0.3, -0.25) is 4.79 Å². The molecule has 6 heteroatoms. The molecule has 0 aromatic heterocycles. The highest BCUT2D eigenvalue weighted by atomic mass is 35.5. The zero-order chi connectivity index (χ0) is 13.2. The molecular weight excluding hydrogens is 280 g/mol. The Morgan fingerprint density at radius 1 is 1.25 bits per heavy atom. The number of amides is 1. The summed E-state index contributed by atoms with van der Waals surface area (Å²) in [5, 5.41) is 2.87. The number of ether oxygens (including phenoxy) is 2. The number of halogens is 1. The topological polar surface area (TPSA) is 73.6 Å². The molecule has 1 aliphatic carbocycles. The minimum Gasteiger partial charge on any atom is -0.454 e. The molecule has 20 heavy (non-hydrogen) atoms. The maximum Gasteiger partial charge on any atom is 0.231 e. The quantitative estimate of drug-likeness (QED) is 0.842. The maximum absolute atomic E-state index is 12.0. The van der Waals surface area contributed by atoms with Gasteiger partial charge < -0.3 is 20.5 Å². The summed E-state index contributed by atoms with van der Waals surface area (Å²) in [7, 11) is 0. The van der Waals surface area contributed by atoms with Gasteiger partial charge in [0.1, 0.15) is 0 Å². The van der Waals surface area contributed by atoms with Crippen molar-refractivity contribution in [3.8, 4) is 11.5 Å². The maximum atomic E-state index is 12.0. The van der Waals surface area contributed by atoms with Crippen LogP contribution in [-0.2, 0) is 4.79 Å². The van der Waals surface area contributed by atoms with E-state index in [2.05, 4.69) is 5.32 Å². The standard InChI is InChI=1S/C14H18N2O3.ClH/c15-10-6-12-13(19-8-18-12)7-11(10)16-14(17)5-9-3-1-2-4-9;/h6-7,9H,1-5,8,15H2,(H,16,17);1H. The molecular formula is C14H19ClN2O3. The van der Waals surface area contributed by atoms with E-state index >= 15 is 0 Å². The number of hydrogen-bond donors (Lipinski definition) is 2. The Hall–Kier alpha value is -1.62. The Bertz CT molecular complexity index is 501. The van der Waals surface area contributed by atoms with Gasteiger partial charge in [0.15, 0.2) is 11.5 Å². The van der Waals surface area contributed by atoms with E-state index in [1.165, 1.54) is 12.8 Å². The third-order valence-electron chi connectivity index (χ3n) is 3.77. The summed E-state index contributed by atoms with van der Waals surface area (Å²) in [5.74, 6) is 1.81. The molecule has 1 aromatic rings. The fraction of sp³-hybridized carbons (Fsp3) is 0.500. The zero-order valence-electron chi connectivity index (χ0n) is 11.2. The average Bonchev–Trinajstić information content (AvgIpc) is 3.00. The molecule has 0 saturated heterocycles. The Kier molecular flexibility index (Phi) is 4.60. The molecule has 1 aromatic carbocycles. The van der Waals surface area contributed by atoms with Crippen LogP contribution in [0.1, 0.15) is 32.1 Å². The first kappa shape index (κ1) is 14.8. The van der Waals surface area contributed by atoms with Crippen LogP contribution in [0.2, 0.25) is 0 Å². The summed E-state index contributed by atoms with van der Waals surface area (Å²) < 4.78 is 10.5. The highest BCUT2D eigenvalue weighted by Crippen LogP contribution is 2.38. The Balaban J connectivity index is 0.00000147. The normalized spacial score (nSPS) is 16.8. The van der Waals surface area contributed by atoms with E-state index in [9.17, 15) is 4.79 Å². The minimum atomic E-state index is 0. The lowest BCUT2D eigenvalue weighted by molar-refractivity contribution is -0.117. The lowest BCUT2D eigenvalue weighted by Crippen LogP contribution is -2.16. The number of carbonyl (C=O) groups is 1. The number of carbonyl (C=O) groups excluding carboxylic acids is 1. The average molecular weight is 299 g/mol. The van der Waals surface area contributed by atoms with Crippen molar-refractivity contribution in [1.29, 1.82) is 0 Å². The molecule has 0 radical (unpaired) electrons. The van der Waals surface area contributed by atoms with Gasteiger partial charge in [0, 0.05) is 18.6 Å². The molecule has 1 heterocycles. The van der Waals surface area contributed by atoms with Gasteiger partial charge in [0.05, 0.1) is 11.4 Å². The van der Waals surface area contributed by atoms with Crippen LogP contribution in [0, 0.1) is 5.92 Å². The summed E-state index contributed by atoms with van der Waals surface area (Å²) in [5.41, 5.74) is 7.01. The predicted octanol–water partition coefficient (Wildman–Crippen LogP) is 2.94. The molecule has 1 saturated carbocycles. The van der Waals surface area contributed by atoms with Crippen molar-refractivity contribution in [2.45, 2.75) is 32.1 Å². The van der Waals surface area contributed by atoms with Crippen LogP contribution in [0.25, 0.3) is 0 Å². The molecule has 2 aliphatic rings. The van der Waals surface area contributed by atoms with Crippen molar-refractivity contribution in [2.24, 2.45) is 5.92 Å². The fourth-order valence-electron chi connectivity index (χ4n) is 2.74. The molecule has 0 unspecified atom stereocenters. The monoisotopic (exact) mass is 298 g/mol. The van der Waals surface area contributed by atoms with Gasteiger partial charge in [-0.1, -0.05) is 12.8 Å². The van der Waals surface area contributed by atoms with Gasteiger partial charge in [0.25, 0.3) is 0 Å². The van der Waals surface area contributed by atoms with Crippen molar-refractivity contribution in [1.82, 2.24) is 0 Å². The van der Waals surface area contributed by atoms with Crippen LogP contribution in [0.5, 0.6) is 11.5 Å². The Morgan fingerprint density at radius 3 is 2.60 bits per heavy atom. The van der Waals surface area contributed by atoms with Crippen LogP contribution in [0.3, 0.4) is 0 Å². The van der Waals surface area contributed by atoms with Gasteiger partial charge in [-0.15, -0.1) is 12.4 Å². The lowest BCUT2D eigenvalue weighted by atomic mass is 10.0. The summed E-state index contributed by atoms with van der Waals surface area (Å²) in [4.78, 5) is 12.0. The van der Waals surface area contributed by atoms with E-state index in [0.717, 1.165) is 12.8 Å². The van der Waals surface area contributed by atoms with Crippen molar-refractivity contribution < 1.29 is 14.3 Å². The van der Waals surface area contributed by atoms with Crippen LogP contribution in [0.4, 0.5) is 11.4 Å². The highest BCUT2D eigenvalue weighted by Gasteiger charge is 2.20. The van der Waals surface area contributed by atoms with E-state index < -0.39 is 0 Å². The number of benzene rings is 1. The molecule has 1 fully saturated rings. The van der Waals surface area contributed by atoms with Gasteiger partial charge in [-0.05, 0) is 18.8 Å². The Labute approximate surface area is 124 Å². The first-order chi connectivity index (χ1) is 9.22. The van der Waals surface area contributed by atoms with Crippen molar-refractivity contribution in [3.63, 3.8) is 0 Å². The predicted molar refractivity (Wildman–Crippen MR) is 79.4 cm³/mol. The number of nitrogens with one attached hydrogen (secondary N) is 1. The second-order valence-electron chi connectivity index (χ2n) is 5.20. The summed E-state index contributed by atoms with van der Waals surface area (Å²) in [6, 6.07) is 3.41. The molecule has 0 bridgehead atoms. The number of fused-ring (bicyclic) bond motifs is 1. The third-order valence-corrected chi connectivity index (χ3v) is 3.77. The van der Waals surface area contributed by atoms with Gasteiger partial charge >= 0.3 is 0 Å². The second kappa shape index (κ2) is 6.22. The van der Waals surface area contributed by atoms with E-state index in [1.54, 1.807) is 12.1 Å². The number of nitrogen functional groups attached to an aromatic ring is 1. The van der Waals surface area contributed by atoms with Gasteiger partial charge in [0.2, 0.25) is 12.7 Å². The molecule has 110 valence electrons. The van der Waals surface area contributed by atoms with Gasteiger partial charge in [-0.2, -0.15) is 0 Å². The first-order valence-corrected chi connectivity index (χ1v) is 6.71. The van der Waals surface area contributed by atoms with Crippen LogP contribution >= 0.6 is 12.4 Å². The molecule has 3 rings (SSSR count). The van der Waals surface area contributed by atoms with Crippen molar-refractivity contribution in [3.05, 3.63) is 12.1 Å². The zero-order valence-corrected chi connectivity index (χ0v) is 12.0. The molecule has 1 aliphatic heterocycles. The van der Waals surface area contributed by atoms with Crippen LogP contribution in [0.15, 0.2) is 12.1 Å². The minimum absolute atomic E-state index is 0. The van der Waals surface area contributed by atoms with E-state index in [4.69, 9.17) is 15.2 Å². The van der Waals surface area contributed by atoms with Crippen molar-refractivity contribution >= 4 is 29.7 Å². The fourth-order valence-corrected chi connectivity index (χ4v) is 2.74. The molecule has 3 N–H and O–H groups in total. The van der Waals surface area contributed by atoms with Crippen LogP contribution < -0.4 is 20.5 Å². The lowest BCUT2D eigenvalue weighted by Gasteiger charge is -2.12. The van der Waals surface area contributed by atoms with E-state index in [-0.39, 0.29) is 25.1 Å². The molecule has 5 nitrogen and oxygen atoms in total. The van der Waals surface area contributed by atoms with E-state index in [0.29, 0.717) is 35.2 Å². The van der Waals surface area contributed by atoms with Crippen LogP contribution in [-0.4, -0.2) is 12.7 Å². The number of nitrogens with two attached hydrogens (primary N) is 1. The SMILES string of the molecule is Cl.Nc1cc2c(cc1NC(=O)CC1CCCC1)OCO2. The number of anilines is 2. The summed E-state index contributed by atoms with van der Waals surface area (Å²) >= 11 is 0. The molecule has 1 amide bonds. The largest absolute Gasteiger partial charge is 0.454 e. The highest BCUT2D eigenvalue weighted by molar-refractivity contribution is 5.94. The van der Waals surface area contributed by atoms with E-state index in [1.807, 2.05) is 0 Å². The van der Waals surface area contributed by atoms with Gasteiger partial charge in [-0.25, -0.2) is 0 Å². The van der Waals surface area contributed by atoms with Crippen molar-refractivity contribution in [2.75, 3.05) is 17.8 Å². The number of hydrogen-bond acceptors (Lipinski definition) is 4. The summed E-state index contributed by atoms with van der Waals surface area (Å²) in [6.45, 7) is 0.203. The molecule has 0 atom stereocenters. The third kappa shape index (κ3) is 3.10. The number of rotatable bonds is 3. The summed E-state index contributed by atoms with van der Waals surface area (Å²) in [6.07, 6.45) is 5.37.